The summed E-state index contributed by atoms with van der Waals surface area (Å²) >= 11 is 0. The molecule has 1 atom stereocenters. The van der Waals surface area contributed by atoms with E-state index in [1.54, 1.807) is 30.2 Å². The van der Waals surface area contributed by atoms with Crippen molar-refractivity contribution in [3.63, 3.8) is 0 Å². The second kappa shape index (κ2) is 6.13. The zero-order valence-corrected chi connectivity index (χ0v) is 12.4. The monoisotopic (exact) mass is 277 g/mol. The summed E-state index contributed by atoms with van der Waals surface area (Å²) in [4.78, 5) is 16.5. The van der Waals surface area contributed by atoms with E-state index in [1.165, 1.54) is 0 Å². The number of methoxy groups -OCH3 is 1. The number of benzene rings is 1. The minimum atomic E-state index is -0.0454. The Balaban J connectivity index is 2.07. The molecule has 1 unspecified atom stereocenters. The van der Waals surface area contributed by atoms with Crippen LogP contribution in [-0.4, -0.2) is 56.5 Å². The Kier molecular flexibility index (Phi) is 4.49. The normalized spacial score (nSPS) is 19.1. The van der Waals surface area contributed by atoms with E-state index in [-0.39, 0.29) is 5.91 Å². The molecule has 0 aliphatic carbocycles. The first-order chi connectivity index (χ1) is 9.52. The standard InChI is InChI=1S/C15H23N3O2/c1-17-8-7-11(9-17)10-18(2)15(19)12-5-4-6-13(20-3)14(12)16/h4-6,11H,7-10,16H2,1-3H3. The van der Waals surface area contributed by atoms with Crippen LogP contribution in [0.2, 0.25) is 0 Å². The summed E-state index contributed by atoms with van der Waals surface area (Å²) < 4.78 is 5.16. The minimum absolute atomic E-state index is 0.0454. The molecule has 5 nitrogen and oxygen atoms in total. The van der Waals surface area contributed by atoms with Crippen molar-refractivity contribution in [1.82, 2.24) is 9.80 Å². The van der Waals surface area contributed by atoms with Crippen molar-refractivity contribution >= 4 is 11.6 Å². The van der Waals surface area contributed by atoms with Crippen molar-refractivity contribution in [2.45, 2.75) is 6.42 Å². The third-order valence-corrected chi connectivity index (χ3v) is 3.88. The third kappa shape index (κ3) is 3.04. The third-order valence-electron chi connectivity index (χ3n) is 3.88. The highest BCUT2D eigenvalue weighted by Gasteiger charge is 2.24. The molecule has 0 bridgehead atoms. The second-order valence-electron chi connectivity index (χ2n) is 5.52. The van der Waals surface area contributed by atoms with Gasteiger partial charge in [0.15, 0.2) is 0 Å². The largest absolute Gasteiger partial charge is 0.495 e. The van der Waals surface area contributed by atoms with E-state index in [9.17, 15) is 4.79 Å². The van der Waals surface area contributed by atoms with E-state index < -0.39 is 0 Å². The van der Waals surface area contributed by atoms with Gasteiger partial charge in [-0.3, -0.25) is 4.79 Å². The van der Waals surface area contributed by atoms with E-state index in [4.69, 9.17) is 10.5 Å². The maximum atomic E-state index is 12.5. The van der Waals surface area contributed by atoms with Gasteiger partial charge in [-0.1, -0.05) is 6.07 Å². The number of hydrogen-bond acceptors (Lipinski definition) is 4. The van der Waals surface area contributed by atoms with Gasteiger partial charge in [0.05, 0.1) is 18.4 Å². The molecule has 5 heteroatoms. The van der Waals surface area contributed by atoms with Gasteiger partial charge >= 0.3 is 0 Å². The highest BCUT2D eigenvalue weighted by Crippen LogP contribution is 2.26. The van der Waals surface area contributed by atoms with Crippen LogP contribution in [-0.2, 0) is 0 Å². The quantitative estimate of drug-likeness (QED) is 0.843. The van der Waals surface area contributed by atoms with Crippen LogP contribution in [0.25, 0.3) is 0 Å². The van der Waals surface area contributed by atoms with Gasteiger partial charge < -0.3 is 20.3 Å². The molecule has 2 N–H and O–H groups in total. The van der Waals surface area contributed by atoms with Crippen molar-refractivity contribution in [2.24, 2.45) is 5.92 Å². The van der Waals surface area contributed by atoms with E-state index in [0.717, 1.165) is 26.1 Å². The lowest BCUT2D eigenvalue weighted by Gasteiger charge is -2.22. The number of carbonyl (C=O) groups is 1. The maximum Gasteiger partial charge on any atom is 0.255 e. The molecule has 20 heavy (non-hydrogen) atoms. The molecule has 110 valence electrons. The molecule has 0 radical (unpaired) electrons. The lowest BCUT2D eigenvalue weighted by molar-refractivity contribution is 0.0775. The fourth-order valence-corrected chi connectivity index (χ4v) is 2.76. The number of ether oxygens (including phenoxy) is 1. The molecule has 1 fully saturated rings. The van der Waals surface area contributed by atoms with Crippen LogP contribution in [0.5, 0.6) is 5.75 Å². The molecule has 2 rings (SSSR count). The molecule has 0 spiro atoms. The van der Waals surface area contributed by atoms with Gasteiger partial charge in [0.1, 0.15) is 5.75 Å². The highest BCUT2D eigenvalue weighted by molar-refractivity contribution is 6.00. The Morgan fingerprint density at radius 1 is 1.55 bits per heavy atom. The number of likely N-dealkylation sites (tertiary alicyclic amines) is 1. The van der Waals surface area contributed by atoms with Gasteiger partial charge in [-0.15, -0.1) is 0 Å². The summed E-state index contributed by atoms with van der Waals surface area (Å²) in [6, 6.07) is 5.30. The molecule has 1 aromatic carbocycles. The van der Waals surface area contributed by atoms with Gasteiger partial charge in [0.2, 0.25) is 0 Å². The van der Waals surface area contributed by atoms with Crippen molar-refractivity contribution in [3.8, 4) is 5.75 Å². The number of nitrogen functional groups attached to an aromatic ring is 1. The second-order valence-corrected chi connectivity index (χ2v) is 5.52. The van der Waals surface area contributed by atoms with Crippen molar-refractivity contribution in [1.29, 1.82) is 0 Å². The Morgan fingerprint density at radius 2 is 2.30 bits per heavy atom. The zero-order valence-electron chi connectivity index (χ0n) is 12.4. The molecule has 0 aromatic heterocycles. The number of amides is 1. The number of para-hydroxylation sites is 1. The van der Waals surface area contributed by atoms with Gasteiger partial charge in [-0.2, -0.15) is 0 Å². The van der Waals surface area contributed by atoms with Crippen LogP contribution in [0.1, 0.15) is 16.8 Å². The number of rotatable bonds is 4. The van der Waals surface area contributed by atoms with Gasteiger partial charge in [0, 0.05) is 20.1 Å². The summed E-state index contributed by atoms with van der Waals surface area (Å²) in [5.41, 5.74) is 6.91. The van der Waals surface area contributed by atoms with E-state index in [0.29, 0.717) is 22.9 Å². The van der Waals surface area contributed by atoms with E-state index in [2.05, 4.69) is 11.9 Å². The molecular weight excluding hydrogens is 254 g/mol. The lowest BCUT2D eigenvalue weighted by atomic mass is 10.1. The van der Waals surface area contributed by atoms with Crippen LogP contribution in [0, 0.1) is 5.92 Å². The average molecular weight is 277 g/mol. The Morgan fingerprint density at radius 3 is 2.90 bits per heavy atom. The van der Waals surface area contributed by atoms with Gasteiger partial charge in [-0.25, -0.2) is 0 Å². The zero-order chi connectivity index (χ0) is 14.7. The fraction of sp³-hybridized carbons (Fsp3) is 0.533. The molecule has 1 amide bonds. The fourth-order valence-electron chi connectivity index (χ4n) is 2.76. The molecule has 1 aliphatic heterocycles. The SMILES string of the molecule is COc1cccc(C(=O)N(C)CC2CCN(C)C2)c1N. The van der Waals surface area contributed by atoms with Gasteiger partial charge in [0.25, 0.3) is 5.91 Å². The molecular formula is C15H23N3O2. The molecule has 1 saturated heterocycles. The first-order valence-corrected chi connectivity index (χ1v) is 6.89. The van der Waals surface area contributed by atoms with Crippen LogP contribution < -0.4 is 10.5 Å². The molecule has 1 aromatic rings. The van der Waals surface area contributed by atoms with Gasteiger partial charge in [-0.05, 0) is 38.1 Å². The van der Waals surface area contributed by atoms with Crippen LogP contribution >= 0.6 is 0 Å². The van der Waals surface area contributed by atoms with E-state index in [1.807, 2.05) is 7.05 Å². The number of nitrogens with two attached hydrogens (primary N) is 1. The Bertz CT molecular complexity index is 490. The van der Waals surface area contributed by atoms with Crippen LogP contribution in [0.3, 0.4) is 0 Å². The number of nitrogens with zero attached hydrogens (tertiary/aromatic N) is 2. The lowest BCUT2D eigenvalue weighted by Crippen LogP contribution is -2.33. The first kappa shape index (κ1) is 14.7. The Hall–Kier alpha value is -1.75. The summed E-state index contributed by atoms with van der Waals surface area (Å²) in [6.45, 7) is 2.92. The summed E-state index contributed by atoms with van der Waals surface area (Å²) in [5.74, 6) is 1.04. The van der Waals surface area contributed by atoms with E-state index >= 15 is 0 Å². The summed E-state index contributed by atoms with van der Waals surface area (Å²) in [7, 11) is 5.50. The number of anilines is 1. The first-order valence-electron chi connectivity index (χ1n) is 6.89. The predicted molar refractivity (Wildman–Crippen MR) is 80.0 cm³/mol. The smallest absolute Gasteiger partial charge is 0.255 e. The molecule has 1 aliphatic rings. The van der Waals surface area contributed by atoms with Crippen LogP contribution in [0.4, 0.5) is 5.69 Å². The van der Waals surface area contributed by atoms with Crippen LogP contribution in [0.15, 0.2) is 18.2 Å². The number of carbonyl (C=O) groups excluding carboxylic acids is 1. The van der Waals surface area contributed by atoms with Crippen molar-refractivity contribution < 1.29 is 9.53 Å². The number of hydrogen-bond donors (Lipinski definition) is 1. The average Bonchev–Trinajstić information content (AvgIpc) is 2.83. The Labute approximate surface area is 120 Å². The summed E-state index contributed by atoms with van der Waals surface area (Å²) in [6.07, 6.45) is 1.14. The van der Waals surface area contributed by atoms with Crippen molar-refractivity contribution in [2.75, 3.05) is 46.6 Å². The highest BCUT2D eigenvalue weighted by atomic mass is 16.5. The predicted octanol–water partition coefficient (Wildman–Crippen LogP) is 1.30. The topological polar surface area (TPSA) is 58.8 Å². The molecule has 1 heterocycles. The minimum Gasteiger partial charge on any atom is -0.495 e. The van der Waals surface area contributed by atoms with Crippen molar-refractivity contribution in [3.05, 3.63) is 23.8 Å². The maximum absolute atomic E-state index is 12.5. The summed E-state index contributed by atoms with van der Waals surface area (Å²) in [5, 5.41) is 0. The molecule has 0 saturated carbocycles.